The van der Waals surface area contributed by atoms with E-state index >= 15 is 0 Å². The van der Waals surface area contributed by atoms with Gasteiger partial charge in [-0.1, -0.05) is 40.2 Å². The van der Waals surface area contributed by atoms with E-state index in [1.165, 1.54) is 0 Å². The molecule has 0 spiro atoms. The second kappa shape index (κ2) is 2.45. The molecule has 1 aromatic rings. The van der Waals surface area contributed by atoms with E-state index in [9.17, 15) is 4.79 Å². The van der Waals surface area contributed by atoms with Gasteiger partial charge in [-0.3, -0.25) is 4.79 Å². The number of carbonyl (C=O) groups excluding carboxylic acids is 1. The van der Waals surface area contributed by atoms with Crippen LogP contribution in [-0.4, -0.2) is 5.78 Å². The van der Waals surface area contributed by atoms with Crippen LogP contribution in [-0.2, 0) is 0 Å². The summed E-state index contributed by atoms with van der Waals surface area (Å²) in [5, 5.41) is 0. The lowest BCUT2D eigenvalue weighted by atomic mass is 10.1. The van der Waals surface area contributed by atoms with Gasteiger partial charge in [0.25, 0.3) is 0 Å². The standard InChI is InChI=1S/C9H7BrO/c10-8-5-9(11)7-4-2-1-3-6(7)8/h1-4,8H,5H2/t8-/m1/s1. The number of halogens is 1. The Morgan fingerprint density at radius 3 is 2.82 bits per heavy atom. The van der Waals surface area contributed by atoms with Gasteiger partial charge in [0.1, 0.15) is 0 Å². The van der Waals surface area contributed by atoms with Crippen molar-refractivity contribution in [1.29, 1.82) is 0 Å². The fourth-order valence-electron chi connectivity index (χ4n) is 1.41. The highest BCUT2D eigenvalue weighted by Gasteiger charge is 2.26. The Hall–Kier alpha value is -0.630. The smallest absolute Gasteiger partial charge is 0.164 e. The first-order valence-corrected chi connectivity index (χ1v) is 4.47. The molecular weight excluding hydrogens is 204 g/mol. The first-order chi connectivity index (χ1) is 5.29. The quantitative estimate of drug-likeness (QED) is 0.603. The lowest BCUT2D eigenvalue weighted by molar-refractivity contribution is 0.0994. The Balaban J connectivity index is 2.60. The molecule has 0 amide bonds. The number of rotatable bonds is 0. The van der Waals surface area contributed by atoms with Crippen molar-refractivity contribution in [3.05, 3.63) is 35.4 Å². The van der Waals surface area contributed by atoms with E-state index in [4.69, 9.17) is 0 Å². The molecule has 1 aliphatic rings. The minimum atomic E-state index is 0.242. The molecule has 11 heavy (non-hydrogen) atoms. The number of fused-ring (bicyclic) bond motifs is 1. The number of alkyl halides is 1. The average molecular weight is 211 g/mol. The van der Waals surface area contributed by atoms with Crippen LogP contribution < -0.4 is 0 Å². The van der Waals surface area contributed by atoms with Crippen molar-refractivity contribution in [2.24, 2.45) is 0 Å². The minimum Gasteiger partial charge on any atom is -0.294 e. The summed E-state index contributed by atoms with van der Waals surface area (Å²) in [7, 11) is 0. The fourth-order valence-corrected chi connectivity index (χ4v) is 2.10. The SMILES string of the molecule is O=C1C[C@@H](Br)c2ccccc21. The third kappa shape index (κ3) is 1.02. The molecule has 0 saturated carbocycles. The molecule has 0 heterocycles. The average Bonchev–Trinajstić information content (AvgIpc) is 2.30. The van der Waals surface area contributed by atoms with Gasteiger partial charge in [0.2, 0.25) is 0 Å². The van der Waals surface area contributed by atoms with Gasteiger partial charge in [0, 0.05) is 16.8 Å². The number of ketones is 1. The highest BCUT2D eigenvalue weighted by molar-refractivity contribution is 9.09. The maximum Gasteiger partial charge on any atom is 0.164 e. The number of carbonyl (C=O) groups is 1. The molecule has 1 atom stereocenters. The zero-order valence-electron chi connectivity index (χ0n) is 5.88. The van der Waals surface area contributed by atoms with Gasteiger partial charge >= 0.3 is 0 Å². The van der Waals surface area contributed by atoms with Crippen LogP contribution in [0.2, 0.25) is 0 Å². The second-order valence-electron chi connectivity index (χ2n) is 2.68. The summed E-state index contributed by atoms with van der Waals surface area (Å²) in [4.78, 5) is 11.5. The predicted octanol–water partition coefficient (Wildman–Crippen LogP) is 2.71. The summed E-state index contributed by atoms with van der Waals surface area (Å²) in [5.41, 5.74) is 2.02. The molecule has 2 rings (SSSR count). The van der Waals surface area contributed by atoms with E-state index in [0.29, 0.717) is 6.42 Å². The van der Waals surface area contributed by atoms with Crippen LogP contribution in [0.15, 0.2) is 24.3 Å². The first kappa shape index (κ1) is 7.04. The predicted molar refractivity (Wildman–Crippen MR) is 47.1 cm³/mol. The van der Waals surface area contributed by atoms with Crippen molar-refractivity contribution in [3.8, 4) is 0 Å². The molecule has 0 fully saturated rings. The number of benzene rings is 1. The largest absolute Gasteiger partial charge is 0.294 e. The summed E-state index contributed by atoms with van der Waals surface area (Å²) >= 11 is 3.46. The van der Waals surface area contributed by atoms with Crippen LogP contribution in [0.4, 0.5) is 0 Å². The maximum absolute atomic E-state index is 11.2. The van der Waals surface area contributed by atoms with E-state index in [1.807, 2.05) is 24.3 Å². The van der Waals surface area contributed by atoms with Gasteiger partial charge in [-0.2, -0.15) is 0 Å². The lowest BCUT2D eigenvalue weighted by Crippen LogP contribution is -1.88. The first-order valence-electron chi connectivity index (χ1n) is 3.55. The molecule has 56 valence electrons. The van der Waals surface area contributed by atoms with E-state index in [-0.39, 0.29) is 10.6 Å². The van der Waals surface area contributed by atoms with E-state index < -0.39 is 0 Å². The summed E-state index contributed by atoms with van der Waals surface area (Å²) < 4.78 is 0. The molecule has 0 bridgehead atoms. The van der Waals surface area contributed by atoms with Gasteiger partial charge in [0.05, 0.1) is 0 Å². The molecule has 1 aromatic carbocycles. The number of hydrogen-bond acceptors (Lipinski definition) is 1. The van der Waals surface area contributed by atoms with Crippen LogP contribution in [0, 0.1) is 0 Å². The molecule has 2 heteroatoms. The summed E-state index contributed by atoms with van der Waals surface area (Å²) in [6.45, 7) is 0. The van der Waals surface area contributed by atoms with Crippen LogP contribution in [0.25, 0.3) is 0 Å². The third-order valence-electron chi connectivity index (χ3n) is 1.96. The Labute approximate surface area is 73.5 Å². The molecule has 1 aliphatic carbocycles. The zero-order chi connectivity index (χ0) is 7.84. The van der Waals surface area contributed by atoms with Crippen molar-refractivity contribution < 1.29 is 4.79 Å². The second-order valence-corrected chi connectivity index (χ2v) is 3.79. The fraction of sp³-hybridized carbons (Fsp3) is 0.222. The Morgan fingerprint density at radius 2 is 2.09 bits per heavy atom. The lowest BCUT2D eigenvalue weighted by Gasteiger charge is -1.98. The van der Waals surface area contributed by atoms with Crippen molar-refractivity contribution in [2.75, 3.05) is 0 Å². The Bertz CT molecular complexity index is 306. The van der Waals surface area contributed by atoms with E-state index in [2.05, 4.69) is 15.9 Å². The van der Waals surface area contributed by atoms with Gasteiger partial charge in [0.15, 0.2) is 5.78 Å². The van der Waals surface area contributed by atoms with Crippen LogP contribution >= 0.6 is 15.9 Å². The molecule has 0 aromatic heterocycles. The number of Topliss-reactive ketones (excluding diaryl/α,β-unsaturated/α-hetero) is 1. The highest BCUT2D eigenvalue weighted by Crippen LogP contribution is 2.36. The van der Waals surface area contributed by atoms with Gasteiger partial charge < -0.3 is 0 Å². The van der Waals surface area contributed by atoms with Crippen molar-refractivity contribution in [2.45, 2.75) is 11.2 Å². The van der Waals surface area contributed by atoms with Crippen molar-refractivity contribution >= 4 is 21.7 Å². The molecule has 0 saturated heterocycles. The van der Waals surface area contributed by atoms with Crippen LogP contribution in [0.5, 0.6) is 0 Å². The van der Waals surface area contributed by atoms with Gasteiger partial charge in [-0.25, -0.2) is 0 Å². The van der Waals surface area contributed by atoms with Gasteiger partial charge in [-0.15, -0.1) is 0 Å². The van der Waals surface area contributed by atoms with E-state index in [1.54, 1.807) is 0 Å². The molecule has 0 N–H and O–H groups in total. The highest BCUT2D eigenvalue weighted by atomic mass is 79.9. The molecule has 1 nitrogen and oxygen atoms in total. The Morgan fingerprint density at radius 1 is 1.36 bits per heavy atom. The monoisotopic (exact) mass is 210 g/mol. The minimum absolute atomic E-state index is 0.242. The van der Waals surface area contributed by atoms with Crippen molar-refractivity contribution in [1.82, 2.24) is 0 Å². The normalized spacial score (nSPS) is 21.9. The molecule has 0 radical (unpaired) electrons. The summed E-state index contributed by atoms with van der Waals surface area (Å²) in [6.07, 6.45) is 0.610. The van der Waals surface area contributed by atoms with Gasteiger partial charge in [-0.05, 0) is 5.56 Å². The third-order valence-corrected chi connectivity index (χ3v) is 2.78. The molecule has 0 aliphatic heterocycles. The topological polar surface area (TPSA) is 17.1 Å². The number of hydrogen-bond donors (Lipinski definition) is 0. The van der Waals surface area contributed by atoms with Crippen molar-refractivity contribution in [3.63, 3.8) is 0 Å². The summed E-state index contributed by atoms with van der Waals surface area (Å²) in [5.74, 6) is 0.252. The van der Waals surface area contributed by atoms with Crippen LogP contribution in [0.3, 0.4) is 0 Å². The molecular formula is C9H7BrO. The summed E-state index contributed by atoms with van der Waals surface area (Å²) in [6, 6.07) is 7.76. The molecule has 0 unspecified atom stereocenters. The van der Waals surface area contributed by atoms with E-state index in [0.717, 1.165) is 11.1 Å². The Kier molecular flexibility index (Phi) is 1.57. The zero-order valence-corrected chi connectivity index (χ0v) is 7.47. The maximum atomic E-state index is 11.2. The van der Waals surface area contributed by atoms with Crippen LogP contribution in [0.1, 0.15) is 27.2 Å².